The first-order valence-corrected chi connectivity index (χ1v) is 8.41. The molecule has 0 amide bonds. The van der Waals surface area contributed by atoms with Gasteiger partial charge in [0.1, 0.15) is 11.4 Å². The molecule has 0 N–H and O–H groups in total. The minimum Gasteiger partial charge on any atom is -0.486 e. The van der Waals surface area contributed by atoms with Crippen LogP contribution in [0.15, 0.2) is 32.9 Å². The van der Waals surface area contributed by atoms with Crippen LogP contribution >= 0.6 is 0 Å². The van der Waals surface area contributed by atoms with Crippen molar-refractivity contribution in [2.75, 3.05) is 0 Å². The summed E-state index contributed by atoms with van der Waals surface area (Å²) in [6.07, 6.45) is 5.28. The summed E-state index contributed by atoms with van der Waals surface area (Å²) in [5, 5.41) is 11.5. The Hall–Kier alpha value is -2.83. The van der Waals surface area contributed by atoms with E-state index in [1.807, 2.05) is 26.0 Å². The Bertz CT molecular complexity index is 868. The second-order valence-corrected chi connectivity index (χ2v) is 6.32. The lowest BCUT2D eigenvalue weighted by Crippen LogP contribution is -2.40. The van der Waals surface area contributed by atoms with Crippen LogP contribution in [-0.4, -0.2) is 34.0 Å². The maximum atomic E-state index is 12.6. The average molecular weight is 338 g/mol. The first kappa shape index (κ1) is 15.7. The van der Waals surface area contributed by atoms with Gasteiger partial charge in [0.25, 0.3) is 5.89 Å². The van der Waals surface area contributed by atoms with Crippen LogP contribution in [0.1, 0.15) is 55.2 Å². The number of Topliss-reactive ketones (excluding diaryl/α,β-unsaturated/α-hetero) is 1. The van der Waals surface area contributed by atoms with Crippen molar-refractivity contribution in [2.45, 2.75) is 44.6 Å². The first-order valence-electron chi connectivity index (χ1n) is 8.41. The van der Waals surface area contributed by atoms with Crippen LogP contribution in [0.5, 0.6) is 5.75 Å². The number of carbonyl (C=O) groups is 1. The third-order valence-electron chi connectivity index (χ3n) is 4.89. The number of aromatic nitrogens is 2. The molecule has 0 aliphatic carbocycles. The summed E-state index contributed by atoms with van der Waals surface area (Å²) in [6, 6.07) is 5.41. The van der Waals surface area contributed by atoms with Gasteiger partial charge in [-0.2, -0.15) is 15.2 Å². The largest absolute Gasteiger partial charge is 0.486 e. The van der Waals surface area contributed by atoms with Gasteiger partial charge in [-0.1, -0.05) is 19.0 Å². The summed E-state index contributed by atoms with van der Waals surface area (Å²) in [5.74, 6) is 1.40. The maximum absolute atomic E-state index is 12.6. The Balaban J connectivity index is 1.66. The lowest BCUT2D eigenvalue weighted by atomic mass is 9.85. The predicted molar refractivity (Wildman–Crippen MR) is 92.3 cm³/mol. The molecular formula is C18H18N4O3. The molecule has 0 atom stereocenters. The van der Waals surface area contributed by atoms with Gasteiger partial charge in [-0.25, -0.2) is 0 Å². The average Bonchev–Trinajstić information content (AvgIpc) is 3.32. The van der Waals surface area contributed by atoms with Crippen molar-refractivity contribution >= 4 is 18.2 Å². The predicted octanol–water partition coefficient (Wildman–Crippen LogP) is 3.41. The molecule has 0 spiro atoms. The molecule has 0 unspecified atom stereocenters. The van der Waals surface area contributed by atoms with E-state index in [-0.39, 0.29) is 11.7 Å². The van der Waals surface area contributed by atoms with E-state index in [9.17, 15) is 4.79 Å². The van der Waals surface area contributed by atoms with Gasteiger partial charge in [-0.3, -0.25) is 4.79 Å². The summed E-state index contributed by atoms with van der Waals surface area (Å²) in [4.78, 5) is 17.0. The molecule has 25 heavy (non-hydrogen) atoms. The molecule has 0 radical (unpaired) electrons. The Morgan fingerprint density at radius 1 is 1.20 bits per heavy atom. The normalized spacial score (nSPS) is 18.4. The van der Waals surface area contributed by atoms with Gasteiger partial charge < -0.3 is 9.26 Å². The van der Waals surface area contributed by atoms with E-state index in [1.165, 1.54) is 0 Å². The summed E-state index contributed by atoms with van der Waals surface area (Å²) < 4.78 is 11.5. The van der Waals surface area contributed by atoms with Crippen molar-refractivity contribution in [1.29, 1.82) is 0 Å². The number of ketones is 1. The molecule has 0 saturated carbocycles. The highest BCUT2D eigenvalue weighted by atomic mass is 16.5. The van der Waals surface area contributed by atoms with Crippen molar-refractivity contribution in [1.82, 2.24) is 10.1 Å². The van der Waals surface area contributed by atoms with E-state index in [2.05, 4.69) is 20.3 Å². The van der Waals surface area contributed by atoms with Crippen molar-refractivity contribution in [3.63, 3.8) is 0 Å². The lowest BCUT2D eigenvalue weighted by Gasteiger charge is -2.36. The van der Waals surface area contributed by atoms with Gasteiger partial charge in [0.05, 0.1) is 17.9 Å². The van der Waals surface area contributed by atoms with Gasteiger partial charge in [-0.15, -0.1) is 0 Å². The minimum atomic E-state index is -0.398. The highest BCUT2D eigenvalue weighted by Gasteiger charge is 2.38. The maximum Gasteiger partial charge on any atom is 0.257 e. The molecule has 7 heteroatoms. The van der Waals surface area contributed by atoms with Crippen LogP contribution in [0, 0.1) is 0 Å². The molecule has 128 valence electrons. The number of hydrogen-bond acceptors (Lipinski definition) is 7. The zero-order valence-electron chi connectivity index (χ0n) is 14.1. The number of nitrogens with zero attached hydrogens (tertiary/aromatic N) is 4. The Labute approximate surface area is 144 Å². The fourth-order valence-electron chi connectivity index (χ4n) is 3.15. The van der Waals surface area contributed by atoms with Crippen LogP contribution in [0.2, 0.25) is 0 Å². The fourth-order valence-corrected chi connectivity index (χ4v) is 3.15. The zero-order chi connectivity index (χ0) is 17.4. The highest BCUT2D eigenvalue weighted by Crippen LogP contribution is 2.38. The highest BCUT2D eigenvalue weighted by molar-refractivity contribution is 6.01. The molecule has 1 aromatic heterocycles. The topological polar surface area (TPSA) is 89.9 Å². The lowest BCUT2D eigenvalue weighted by molar-refractivity contribution is 0.0350. The van der Waals surface area contributed by atoms with Gasteiger partial charge in [0, 0.05) is 18.0 Å². The summed E-state index contributed by atoms with van der Waals surface area (Å²) in [6.45, 7) is 4.09. The van der Waals surface area contributed by atoms with E-state index >= 15 is 0 Å². The second-order valence-electron chi connectivity index (χ2n) is 6.32. The number of rotatable bonds is 4. The Kier molecular flexibility index (Phi) is 3.71. The van der Waals surface area contributed by atoms with Gasteiger partial charge >= 0.3 is 0 Å². The minimum absolute atomic E-state index is 0.0848. The number of carbonyl (C=O) groups excluding carboxylic acids is 1. The van der Waals surface area contributed by atoms with Gasteiger partial charge in [0.15, 0.2) is 11.6 Å². The third-order valence-corrected chi connectivity index (χ3v) is 4.89. The molecule has 0 bridgehead atoms. The zero-order valence-corrected chi connectivity index (χ0v) is 14.1. The number of hydrogen-bond donors (Lipinski definition) is 0. The molecule has 3 heterocycles. The standard InChI is InChI=1S/C18H18N4O3/c1-3-18(4-2)8-14(23)13-7-11(5-6-15(13)24-18)17-21-16(22-25-17)12-9-19-20-10-12/h5-7,9-10,12H,3-4,8H2,1-2H3. The molecule has 1 aromatic carbocycles. The van der Waals surface area contributed by atoms with Crippen LogP contribution in [0.4, 0.5) is 0 Å². The summed E-state index contributed by atoms with van der Waals surface area (Å²) >= 11 is 0. The van der Waals surface area contributed by atoms with E-state index in [0.29, 0.717) is 35.0 Å². The molecule has 7 nitrogen and oxygen atoms in total. The van der Waals surface area contributed by atoms with Crippen LogP contribution in [0.25, 0.3) is 11.5 Å². The SMILES string of the molecule is CCC1(CC)CC(=O)c2cc(-c3nc(C4C=NN=C4)no3)ccc2O1. The molecule has 4 rings (SSSR count). The number of fused-ring (bicyclic) bond motifs is 1. The van der Waals surface area contributed by atoms with E-state index in [0.717, 1.165) is 12.8 Å². The molecular weight excluding hydrogens is 320 g/mol. The van der Waals surface area contributed by atoms with Crippen molar-refractivity contribution in [2.24, 2.45) is 10.2 Å². The van der Waals surface area contributed by atoms with Crippen LogP contribution in [0.3, 0.4) is 0 Å². The van der Waals surface area contributed by atoms with Crippen molar-refractivity contribution < 1.29 is 14.1 Å². The second kappa shape index (κ2) is 5.91. The van der Waals surface area contributed by atoms with E-state index in [1.54, 1.807) is 18.5 Å². The van der Waals surface area contributed by atoms with Gasteiger partial charge in [0.2, 0.25) is 0 Å². The first-order chi connectivity index (χ1) is 12.1. The molecule has 2 aliphatic rings. The van der Waals surface area contributed by atoms with E-state index < -0.39 is 5.60 Å². The molecule has 0 saturated heterocycles. The van der Waals surface area contributed by atoms with Crippen LogP contribution < -0.4 is 4.74 Å². The Morgan fingerprint density at radius 2 is 1.96 bits per heavy atom. The van der Waals surface area contributed by atoms with Gasteiger partial charge in [-0.05, 0) is 31.0 Å². The fraction of sp³-hybridized carbons (Fsp3) is 0.389. The molecule has 2 aliphatic heterocycles. The quantitative estimate of drug-likeness (QED) is 0.852. The monoisotopic (exact) mass is 338 g/mol. The molecule has 0 fully saturated rings. The smallest absolute Gasteiger partial charge is 0.257 e. The van der Waals surface area contributed by atoms with E-state index in [4.69, 9.17) is 9.26 Å². The Morgan fingerprint density at radius 3 is 2.68 bits per heavy atom. The van der Waals surface area contributed by atoms with Crippen LogP contribution in [-0.2, 0) is 0 Å². The van der Waals surface area contributed by atoms with Crippen molar-refractivity contribution in [3.05, 3.63) is 29.6 Å². The summed E-state index contributed by atoms with van der Waals surface area (Å²) in [7, 11) is 0. The molecule has 2 aromatic rings. The third kappa shape index (κ3) is 2.65. The van der Waals surface area contributed by atoms with Crippen molar-refractivity contribution in [3.8, 4) is 17.2 Å². The number of ether oxygens (including phenoxy) is 1. The number of benzene rings is 1. The summed E-state index contributed by atoms with van der Waals surface area (Å²) in [5.41, 5.74) is 0.866.